The van der Waals surface area contributed by atoms with Crippen LogP contribution < -0.4 is 20.1 Å². The summed E-state index contributed by atoms with van der Waals surface area (Å²) in [4.78, 5) is 54.4. The van der Waals surface area contributed by atoms with E-state index < -0.39 is 35.5 Å². The number of likely N-dealkylation sites (N-methyl/N-ethyl adjacent to an activating group) is 1. The van der Waals surface area contributed by atoms with Gasteiger partial charge in [0, 0.05) is 31.2 Å². The molecular formula is C32H32ClFN6O5. The van der Waals surface area contributed by atoms with Crippen LogP contribution in [-0.4, -0.2) is 75.9 Å². The average Bonchev–Trinajstić information content (AvgIpc) is 2.99. The van der Waals surface area contributed by atoms with E-state index >= 15 is 4.39 Å². The van der Waals surface area contributed by atoms with Crippen molar-refractivity contribution in [2.24, 2.45) is 0 Å². The van der Waals surface area contributed by atoms with Gasteiger partial charge in [0.15, 0.2) is 5.65 Å². The molecule has 1 saturated heterocycles. The first-order valence-electron chi connectivity index (χ1n) is 14.5. The van der Waals surface area contributed by atoms with E-state index in [0.29, 0.717) is 22.5 Å². The maximum atomic E-state index is 15.4. The number of hydrogen-bond acceptors (Lipinski definition) is 7. The van der Waals surface area contributed by atoms with E-state index in [0.717, 1.165) is 5.56 Å². The molecule has 2 atom stereocenters. The fourth-order valence-corrected chi connectivity index (χ4v) is 6.70. The number of carbonyl (C=O) groups is 2. The molecule has 0 aliphatic carbocycles. The monoisotopic (exact) mass is 634 g/mol. The van der Waals surface area contributed by atoms with Crippen LogP contribution in [0.3, 0.4) is 0 Å². The summed E-state index contributed by atoms with van der Waals surface area (Å²) in [6.45, 7) is 7.58. The number of aryl methyl sites for hydroxylation is 1. The Labute approximate surface area is 263 Å². The maximum absolute atomic E-state index is 15.4. The second-order valence-corrected chi connectivity index (χ2v) is 12.1. The summed E-state index contributed by atoms with van der Waals surface area (Å²) in [6.07, 6.45) is 0.536. The van der Waals surface area contributed by atoms with E-state index in [1.54, 1.807) is 36.2 Å². The molecule has 5 heterocycles. The molecule has 1 aromatic carbocycles. The van der Waals surface area contributed by atoms with E-state index in [1.165, 1.54) is 40.7 Å². The van der Waals surface area contributed by atoms with Gasteiger partial charge in [-0.15, -0.1) is 0 Å². The lowest BCUT2D eigenvalue weighted by atomic mass is 9.98. The number of methoxy groups -OCH3 is 1. The number of nitrogens with zero attached hydrogens (tertiary/aromatic N) is 6. The zero-order valence-electron chi connectivity index (χ0n) is 25.6. The molecule has 0 saturated carbocycles. The third-order valence-corrected chi connectivity index (χ3v) is 8.92. The average molecular weight is 635 g/mol. The van der Waals surface area contributed by atoms with Crippen LogP contribution in [0.2, 0.25) is 5.02 Å². The molecule has 0 bridgehead atoms. The van der Waals surface area contributed by atoms with Crippen LogP contribution in [0.15, 0.2) is 41.3 Å². The van der Waals surface area contributed by atoms with Gasteiger partial charge in [0.25, 0.3) is 11.5 Å². The number of benzene rings is 1. The normalized spacial score (nSPS) is 18.0. The second-order valence-electron chi connectivity index (χ2n) is 11.7. The van der Waals surface area contributed by atoms with Crippen molar-refractivity contribution in [2.45, 2.75) is 45.7 Å². The van der Waals surface area contributed by atoms with Crippen molar-refractivity contribution >= 4 is 46.0 Å². The van der Waals surface area contributed by atoms with Gasteiger partial charge in [0.05, 0.1) is 47.0 Å². The number of hydrogen-bond donors (Lipinski definition) is 1. The molecule has 11 nitrogen and oxygen atoms in total. The van der Waals surface area contributed by atoms with Crippen LogP contribution in [0.4, 0.5) is 20.6 Å². The van der Waals surface area contributed by atoms with E-state index in [4.69, 9.17) is 21.3 Å². The molecule has 4 aromatic rings. The molecule has 234 valence electrons. The molecule has 0 spiro atoms. The van der Waals surface area contributed by atoms with E-state index in [2.05, 4.69) is 4.98 Å². The number of ether oxygens (including phenoxy) is 1. The zero-order chi connectivity index (χ0) is 32.5. The van der Waals surface area contributed by atoms with E-state index in [1.807, 2.05) is 20.8 Å². The van der Waals surface area contributed by atoms with Crippen LogP contribution in [0.5, 0.6) is 5.75 Å². The first-order valence-corrected chi connectivity index (χ1v) is 14.9. The first-order chi connectivity index (χ1) is 21.4. The predicted octanol–water partition coefficient (Wildman–Crippen LogP) is 5.21. The molecule has 0 radical (unpaired) electrons. The molecule has 3 aromatic heterocycles. The van der Waals surface area contributed by atoms with Gasteiger partial charge in [-0.25, -0.2) is 14.2 Å². The van der Waals surface area contributed by atoms with Crippen LogP contribution in [0, 0.1) is 12.7 Å². The Hall–Kier alpha value is -4.71. The van der Waals surface area contributed by atoms with Gasteiger partial charge in [0.2, 0.25) is 0 Å². The van der Waals surface area contributed by atoms with Gasteiger partial charge in [-0.1, -0.05) is 31.5 Å². The number of rotatable bonds is 4. The standard InChI is InChI=1S/C32H32ClFN6O5/c1-15(2)24-26(16(3)10-11-35-24)40-29-18(12-19(33)25(36-29)23-20(34)8-7-9-22(23)45-6)27-28(31(40)42)37(5)30(41)21-14-38(32(43)44)17(4)13-39(21)27/h7-12,15,17,21H,13-14H2,1-6H3,(H,43,44)/t17-,21-/m1/s1. The SMILES string of the molecule is COc1cccc(F)c1-c1nc2c(cc1Cl)c1c(c(=O)n2-c2c(C)ccnc2C(C)C)N(C)C(=O)[C@H]2CN(C(=O)O)[C@H](C)CN12. The Morgan fingerprint density at radius 1 is 1.16 bits per heavy atom. The van der Waals surface area contributed by atoms with Gasteiger partial charge < -0.3 is 24.5 Å². The molecule has 0 unspecified atom stereocenters. The summed E-state index contributed by atoms with van der Waals surface area (Å²) < 4.78 is 22.3. The van der Waals surface area contributed by atoms with Crippen LogP contribution in [0.1, 0.15) is 37.9 Å². The highest BCUT2D eigenvalue weighted by Gasteiger charge is 2.46. The van der Waals surface area contributed by atoms with Crippen LogP contribution >= 0.6 is 11.6 Å². The largest absolute Gasteiger partial charge is 0.496 e. The Morgan fingerprint density at radius 3 is 2.56 bits per heavy atom. The summed E-state index contributed by atoms with van der Waals surface area (Å²) in [7, 11) is 2.92. The summed E-state index contributed by atoms with van der Waals surface area (Å²) in [5, 5.41) is 10.3. The van der Waals surface area contributed by atoms with Crippen molar-refractivity contribution in [1.82, 2.24) is 19.4 Å². The summed E-state index contributed by atoms with van der Waals surface area (Å²) in [6, 6.07) is 6.41. The lowest BCUT2D eigenvalue weighted by Gasteiger charge is -2.49. The Kier molecular flexibility index (Phi) is 7.43. The minimum absolute atomic E-state index is 0.0319. The molecule has 6 rings (SSSR count). The van der Waals surface area contributed by atoms with E-state index in [9.17, 15) is 19.5 Å². The van der Waals surface area contributed by atoms with Crippen molar-refractivity contribution in [3.63, 3.8) is 0 Å². The number of halogens is 2. The van der Waals surface area contributed by atoms with Crippen LogP contribution in [-0.2, 0) is 4.79 Å². The van der Waals surface area contributed by atoms with Crippen LogP contribution in [0.25, 0.3) is 28.0 Å². The highest BCUT2D eigenvalue weighted by atomic mass is 35.5. The maximum Gasteiger partial charge on any atom is 0.407 e. The van der Waals surface area contributed by atoms with Crippen molar-refractivity contribution in [3.8, 4) is 22.7 Å². The number of fused-ring (bicyclic) bond motifs is 5. The lowest BCUT2D eigenvalue weighted by Crippen LogP contribution is -2.66. The Balaban J connectivity index is 1.78. The minimum Gasteiger partial charge on any atom is -0.496 e. The van der Waals surface area contributed by atoms with Crippen molar-refractivity contribution in [2.75, 3.05) is 37.0 Å². The molecule has 45 heavy (non-hydrogen) atoms. The third-order valence-electron chi connectivity index (χ3n) is 8.63. The van der Waals surface area contributed by atoms with Gasteiger partial charge in [-0.05, 0) is 49.6 Å². The smallest absolute Gasteiger partial charge is 0.407 e. The molecule has 13 heteroatoms. The fourth-order valence-electron chi connectivity index (χ4n) is 6.45. The molecule has 1 fully saturated rings. The minimum atomic E-state index is -1.13. The molecule has 2 amide bonds. The predicted molar refractivity (Wildman–Crippen MR) is 170 cm³/mol. The first kappa shape index (κ1) is 30.3. The topological polar surface area (TPSA) is 121 Å². The fraction of sp³-hybridized carbons (Fsp3) is 0.344. The highest BCUT2D eigenvalue weighted by molar-refractivity contribution is 6.34. The number of anilines is 2. The second kappa shape index (κ2) is 11.0. The number of carboxylic acid groups (broad SMARTS) is 1. The van der Waals surface area contributed by atoms with E-state index in [-0.39, 0.29) is 52.4 Å². The van der Waals surface area contributed by atoms with Crippen molar-refractivity contribution in [3.05, 3.63) is 69.0 Å². The quantitative estimate of drug-likeness (QED) is 0.325. The summed E-state index contributed by atoms with van der Waals surface area (Å²) >= 11 is 6.90. The number of aromatic nitrogens is 3. The molecule has 1 N–H and O–H groups in total. The Bertz CT molecular complexity index is 1960. The molecule has 2 aliphatic heterocycles. The third kappa shape index (κ3) is 4.57. The number of amides is 2. The summed E-state index contributed by atoms with van der Waals surface area (Å²) in [5.74, 6) is -0.910. The van der Waals surface area contributed by atoms with Crippen molar-refractivity contribution < 1.29 is 23.8 Å². The summed E-state index contributed by atoms with van der Waals surface area (Å²) in [5.41, 5.74) is 2.13. The molecular weight excluding hydrogens is 603 g/mol. The zero-order valence-corrected chi connectivity index (χ0v) is 26.4. The highest BCUT2D eigenvalue weighted by Crippen LogP contribution is 2.45. The lowest BCUT2D eigenvalue weighted by molar-refractivity contribution is -0.120. The van der Waals surface area contributed by atoms with Gasteiger partial charge >= 0.3 is 6.09 Å². The molecule has 2 aliphatic rings. The Morgan fingerprint density at radius 2 is 1.89 bits per heavy atom. The van der Waals surface area contributed by atoms with Crippen molar-refractivity contribution in [1.29, 1.82) is 0 Å². The number of pyridine rings is 3. The number of carbonyl (C=O) groups excluding carboxylic acids is 1. The van der Waals surface area contributed by atoms with Gasteiger partial charge in [0.1, 0.15) is 23.3 Å². The number of piperazine rings is 1. The van der Waals surface area contributed by atoms with Gasteiger partial charge in [-0.3, -0.25) is 19.1 Å². The van der Waals surface area contributed by atoms with Gasteiger partial charge in [-0.2, -0.15) is 0 Å².